The van der Waals surface area contributed by atoms with Gasteiger partial charge in [-0.25, -0.2) is 17.5 Å². The summed E-state index contributed by atoms with van der Waals surface area (Å²) in [6, 6.07) is 15.9. The van der Waals surface area contributed by atoms with E-state index in [-0.39, 0.29) is 60.9 Å². The number of aryl methyl sites for hydroxylation is 1. The topological polar surface area (TPSA) is 173 Å². The molecule has 14 heteroatoms. The van der Waals surface area contributed by atoms with E-state index >= 15 is 0 Å². The standard InChI is InChI=1S/C37H41FN4O8S/c1-3-49-33(44)9-5-7-23-6-4-8-26(18-23)36(45)41-21-32(43)40-16-17-42-51(47,48)22-27-19-31-30(20-29(27)24-10-11-24)34(37(46)39-2)35(50-31)25-12-14-28(38)15-13-25/h4,6,8,12-15,18-20,24,42H,3,5,7,9-11,16-17,21-22H2,1-2H3,(H,39,46)(H,40,43)(H,41,45). The van der Waals surface area contributed by atoms with Crippen LogP contribution in [-0.4, -0.2) is 65.4 Å². The first-order chi connectivity index (χ1) is 24.5. The maximum Gasteiger partial charge on any atom is 0.305 e. The van der Waals surface area contributed by atoms with Gasteiger partial charge in [0.25, 0.3) is 11.8 Å². The van der Waals surface area contributed by atoms with Gasteiger partial charge in [-0.2, -0.15) is 0 Å². The fourth-order valence-electron chi connectivity index (χ4n) is 5.78. The van der Waals surface area contributed by atoms with Crippen LogP contribution in [0.25, 0.3) is 22.3 Å². The van der Waals surface area contributed by atoms with Gasteiger partial charge < -0.3 is 25.1 Å². The van der Waals surface area contributed by atoms with Gasteiger partial charge >= 0.3 is 5.97 Å². The van der Waals surface area contributed by atoms with Crippen molar-refractivity contribution in [3.05, 3.63) is 94.3 Å². The normalized spacial score (nSPS) is 12.8. The fraction of sp³-hybridized carbons (Fsp3) is 0.351. The van der Waals surface area contributed by atoms with E-state index in [1.54, 1.807) is 31.2 Å². The number of fused-ring (bicyclic) bond motifs is 1. The van der Waals surface area contributed by atoms with Gasteiger partial charge in [0, 0.05) is 43.1 Å². The third-order valence-electron chi connectivity index (χ3n) is 8.39. The molecule has 0 radical (unpaired) electrons. The summed E-state index contributed by atoms with van der Waals surface area (Å²) in [5, 5.41) is 8.32. The number of nitrogens with one attached hydrogen (secondary N) is 4. The average molecular weight is 721 g/mol. The smallest absolute Gasteiger partial charge is 0.305 e. The molecule has 1 aliphatic carbocycles. The van der Waals surface area contributed by atoms with Gasteiger partial charge in [0.05, 0.1) is 24.5 Å². The predicted molar refractivity (Wildman–Crippen MR) is 189 cm³/mol. The van der Waals surface area contributed by atoms with Crippen LogP contribution in [0.5, 0.6) is 0 Å². The number of rotatable bonds is 17. The van der Waals surface area contributed by atoms with E-state index < -0.39 is 27.7 Å². The molecule has 1 aromatic heterocycles. The van der Waals surface area contributed by atoms with Crippen molar-refractivity contribution < 1.29 is 41.1 Å². The number of halogens is 1. The second-order valence-electron chi connectivity index (χ2n) is 12.3. The fourth-order valence-corrected chi connectivity index (χ4v) is 6.96. The van der Waals surface area contributed by atoms with Crippen LogP contribution in [0.4, 0.5) is 4.39 Å². The molecule has 0 aliphatic heterocycles. The molecule has 0 saturated heterocycles. The summed E-state index contributed by atoms with van der Waals surface area (Å²) < 4.78 is 53.5. The molecule has 51 heavy (non-hydrogen) atoms. The Balaban J connectivity index is 1.15. The second kappa shape index (κ2) is 16.8. The largest absolute Gasteiger partial charge is 0.466 e. The van der Waals surface area contributed by atoms with Gasteiger partial charge in [-0.15, -0.1) is 0 Å². The quantitative estimate of drug-likeness (QED) is 0.0922. The van der Waals surface area contributed by atoms with Crippen molar-refractivity contribution in [2.45, 2.75) is 50.7 Å². The zero-order chi connectivity index (χ0) is 36.5. The lowest BCUT2D eigenvalue weighted by Gasteiger charge is -2.12. The molecule has 0 bridgehead atoms. The van der Waals surface area contributed by atoms with Crippen LogP contribution in [0.15, 0.2) is 65.1 Å². The van der Waals surface area contributed by atoms with Crippen molar-refractivity contribution in [3.63, 3.8) is 0 Å². The molecule has 3 amide bonds. The van der Waals surface area contributed by atoms with Crippen LogP contribution in [0.2, 0.25) is 0 Å². The minimum Gasteiger partial charge on any atom is -0.466 e. The predicted octanol–water partition coefficient (Wildman–Crippen LogP) is 4.33. The van der Waals surface area contributed by atoms with Crippen molar-refractivity contribution in [2.75, 3.05) is 33.3 Å². The highest BCUT2D eigenvalue weighted by atomic mass is 32.2. The second-order valence-corrected chi connectivity index (χ2v) is 14.1. The first-order valence-electron chi connectivity index (χ1n) is 16.8. The number of hydrogen-bond acceptors (Lipinski definition) is 8. The summed E-state index contributed by atoms with van der Waals surface area (Å²) >= 11 is 0. The molecule has 1 saturated carbocycles. The molecule has 1 heterocycles. The number of carbonyl (C=O) groups excluding carboxylic acids is 4. The van der Waals surface area contributed by atoms with Gasteiger partial charge in [0.2, 0.25) is 15.9 Å². The van der Waals surface area contributed by atoms with Crippen LogP contribution in [-0.2, 0) is 36.5 Å². The summed E-state index contributed by atoms with van der Waals surface area (Å²) in [4.78, 5) is 49.5. The Hall–Kier alpha value is -5.08. The van der Waals surface area contributed by atoms with Crippen molar-refractivity contribution >= 4 is 44.7 Å². The zero-order valence-electron chi connectivity index (χ0n) is 28.5. The maximum absolute atomic E-state index is 13.6. The van der Waals surface area contributed by atoms with Gasteiger partial charge in [-0.05, 0) is 104 Å². The Morgan fingerprint density at radius 2 is 1.73 bits per heavy atom. The lowest BCUT2D eigenvalue weighted by Crippen LogP contribution is -2.40. The Morgan fingerprint density at radius 3 is 2.43 bits per heavy atom. The molecule has 4 aromatic rings. The molecule has 12 nitrogen and oxygen atoms in total. The SMILES string of the molecule is CCOC(=O)CCCc1cccc(C(=O)NCC(=O)NCCNS(=O)(=O)Cc2cc3oc(-c4ccc(F)cc4)c(C(=O)NC)c3cc2C2CC2)c1. The summed E-state index contributed by atoms with van der Waals surface area (Å²) in [5.41, 5.74) is 3.73. The van der Waals surface area contributed by atoms with Crippen LogP contribution in [0, 0.1) is 5.82 Å². The minimum absolute atomic E-state index is 0.00684. The number of amides is 3. The number of benzene rings is 3. The first kappa shape index (κ1) is 37.2. The first-order valence-corrected chi connectivity index (χ1v) is 18.5. The van der Waals surface area contributed by atoms with Crippen molar-refractivity contribution in [2.24, 2.45) is 0 Å². The highest BCUT2D eigenvalue weighted by molar-refractivity contribution is 7.88. The summed E-state index contributed by atoms with van der Waals surface area (Å²) in [6.45, 7) is 1.69. The molecule has 0 unspecified atom stereocenters. The summed E-state index contributed by atoms with van der Waals surface area (Å²) in [7, 11) is -2.35. The van der Waals surface area contributed by atoms with Crippen molar-refractivity contribution in [1.82, 2.24) is 20.7 Å². The van der Waals surface area contributed by atoms with Gasteiger partial charge in [0.1, 0.15) is 17.2 Å². The van der Waals surface area contributed by atoms with E-state index in [0.29, 0.717) is 47.1 Å². The van der Waals surface area contributed by atoms with Crippen molar-refractivity contribution in [1.29, 1.82) is 0 Å². The maximum atomic E-state index is 13.6. The average Bonchev–Trinajstić information content (AvgIpc) is 3.89. The molecular weight excluding hydrogens is 679 g/mol. The number of hydrogen-bond donors (Lipinski definition) is 4. The molecular formula is C37H41FN4O8S. The van der Waals surface area contributed by atoms with Crippen LogP contribution in [0.3, 0.4) is 0 Å². The molecule has 5 rings (SSSR count). The molecule has 0 spiro atoms. The number of carbonyl (C=O) groups is 4. The van der Waals surface area contributed by atoms with E-state index in [1.807, 2.05) is 12.1 Å². The van der Waals surface area contributed by atoms with Crippen LogP contribution < -0.4 is 20.7 Å². The van der Waals surface area contributed by atoms with Gasteiger partial charge in [-0.1, -0.05) is 12.1 Å². The summed E-state index contributed by atoms with van der Waals surface area (Å²) in [5.74, 6) is -1.95. The van der Waals surface area contributed by atoms with E-state index in [4.69, 9.17) is 9.15 Å². The van der Waals surface area contributed by atoms with Crippen molar-refractivity contribution in [3.8, 4) is 11.3 Å². The minimum atomic E-state index is -3.85. The van der Waals surface area contributed by atoms with Gasteiger partial charge in [-0.3, -0.25) is 19.2 Å². The third kappa shape index (κ3) is 10.0. The lowest BCUT2D eigenvalue weighted by atomic mass is 9.98. The molecule has 0 atom stereocenters. The summed E-state index contributed by atoms with van der Waals surface area (Å²) in [6.07, 6.45) is 3.22. The Kier molecular flexibility index (Phi) is 12.2. The number of ether oxygens (including phenoxy) is 1. The van der Waals surface area contributed by atoms with E-state index in [2.05, 4.69) is 20.7 Å². The highest BCUT2D eigenvalue weighted by Gasteiger charge is 2.31. The molecule has 270 valence electrons. The zero-order valence-corrected chi connectivity index (χ0v) is 29.3. The number of sulfonamides is 1. The number of esters is 1. The Morgan fingerprint density at radius 1 is 0.961 bits per heavy atom. The third-order valence-corrected chi connectivity index (χ3v) is 9.73. The Bertz CT molecular complexity index is 2020. The molecule has 1 fully saturated rings. The monoisotopic (exact) mass is 720 g/mol. The Labute approximate surface area is 295 Å². The van der Waals surface area contributed by atoms with E-state index in [0.717, 1.165) is 24.0 Å². The van der Waals surface area contributed by atoms with Crippen LogP contribution >= 0.6 is 0 Å². The van der Waals surface area contributed by atoms with Crippen LogP contribution in [0.1, 0.15) is 75.9 Å². The number of furan rings is 1. The molecule has 4 N–H and O–H groups in total. The van der Waals surface area contributed by atoms with E-state index in [1.165, 1.54) is 31.3 Å². The lowest BCUT2D eigenvalue weighted by molar-refractivity contribution is -0.143. The highest BCUT2D eigenvalue weighted by Crippen LogP contribution is 2.45. The molecule has 1 aliphatic rings. The van der Waals surface area contributed by atoms with Gasteiger partial charge in [0.15, 0.2) is 0 Å². The molecule has 3 aromatic carbocycles. The van der Waals surface area contributed by atoms with E-state index in [9.17, 15) is 32.0 Å².